The number of carbonyl (C=O) groups is 2. The van der Waals surface area contributed by atoms with Crippen LogP contribution in [0.4, 0.5) is 0 Å². The van der Waals surface area contributed by atoms with Crippen molar-refractivity contribution < 1.29 is 29.3 Å². The number of ether oxygens (including phenoxy) is 2. The summed E-state index contributed by atoms with van der Waals surface area (Å²) in [4.78, 5) is 19.9. The molecular weight excluding hydrogens is 204 g/mol. The zero-order valence-corrected chi connectivity index (χ0v) is 9.06. The highest BCUT2D eigenvalue weighted by atomic mass is 16.5. The van der Waals surface area contributed by atoms with Crippen molar-refractivity contribution in [3.05, 3.63) is 0 Å². The van der Waals surface area contributed by atoms with Crippen LogP contribution in [0.1, 0.15) is 19.8 Å². The molecule has 0 aromatic carbocycles. The van der Waals surface area contributed by atoms with E-state index < -0.39 is 25.2 Å². The Balaban J connectivity index is 0. The van der Waals surface area contributed by atoms with Crippen LogP contribution in [0, 0.1) is 0 Å². The number of methoxy groups -OCH3 is 1. The summed E-state index contributed by atoms with van der Waals surface area (Å²) in [5.74, 6) is -1.14. The van der Waals surface area contributed by atoms with Crippen molar-refractivity contribution in [3.63, 3.8) is 0 Å². The number of carbonyl (C=O) groups excluding carboxylic acids is 2. The zero-order chi connectivity index (χ0) is 12.1. The summed E-state index contributed by atoms with van der Waals surface area (Å²) in [5, 5.41) is 16.0. The SMILES string of the molecule is CCCCOC(=O)CO.COC(=O)CO. The average Bonchev–Trinajstić information content (AvgIpc) is 2.28. The molecule has 2 N–H and O–H groups in total. The number of rotatable bonds is 5. The lowest BCUT2D eigenvalue weighted by atomic mass is 10.4. The topological polar surface area (TPSA) is 93.1 Å². The van der Waals surface area contributed by atoms with Crippen molar-refractivity contribution in [3.8, 4) is 0 Å². The number of aliphatic hydroxyl groups is 2. The summed E-state index contributed by atoms with van der Waals surface area (Å²) in [7, 11) is 1.22. The normalized spacial score (nSPS) is 8.53. The molecule has 6 heteroatoms. The molecule has 0 aliphatic rings. The lowest BCUT2D eigenvalue weighted by molar-refractivity contribution is -0.147. The summed E-state index contributed by atoms with van der Waals surface area (Å²) in [6.07, 6.45) is 1.87. The fourth-order valence-corrected chi connectivity index (χ4v) is 0.441. The summed E-state index contributed by atoms with van der Waals surface area (Å²) in [6, 6.07) is 0. The van der Waals surface area contributed by atoms with Crippen LogP contribution in [0.2, 0.25) is 0 Å². The van der Waals surface area contributed by atoms with Crippen molar-refractivity contribution >= 4 is 11.9 Å². The van der Waals surface area contributed by atoms with Crippen LogP contribution in [0.25, 0.3) is 0 Å². The minimum Gasteiger partial charge on any atom is -0.467 e. The Morgan fingerprint density at radius 1 is 1.13 bits per heavy atom. The number of unbranched alkanes of at least 4 members (excludes halogenated alkanes) is 1. The van der Waals surface area contributed by atoms with Gasteiger partial charge in [-0.25, -0.2) is 9.59 Å². The number of hydrogen-bond donors (Lipinski definition) is 2. The molecule has 90 valence electrons. The highest BCUT2D eigenvalue weighted by molar-refractivity contribution is 5.70. The van der Waals surface area contributed by atoms with Gasteiger partial charge in [0.2, 0.25) is 0 Å². The Bertz CT molecular complexity index is 162. The molecule has 0 amide bonds. The van der Waals surface area contributed by atoms with Gasteiger partial charge in [0, 0.05) is 0 Å². The maximum atomic E-state index is 10.2. The van der Waals surface area contributed by atoms with E-state index in [0.717, 1.165) is 12.8 Å². The van der Waals surface area contributed by atoms with Gasteiger partial charge in [-0.3, -0.25) is 0 Å². The van der Waals surface area contributed by atoms with Gasteiger partial charge in [-0.05, 0) is 6.42 Å². The molecule has 0 radical (unpaired) electrons. The number of hydrogen-bond acceptors (Lipinski definition) is 6. The summed E-state index contributed by atoms with van der Waals surface area (Å²) in [6.45, 7) is 1.39. The van der Waals surface area contributed by atoms with Crippen LogP contribution in [-0.2, 0) is 19.1 Å². The first kappa shape index (κ1) is 16.3. The van der Waals surface area contributed by atoms with Crippen LogP contribution in [0.15, 0.2) is 0 Å². The molecule has 0 fully saturated rings. The van der Waals surface area contributed by atoms with Crippen LogP contribution >= 0.6 is 0 Å². The van der Waals surface area contributed by atoms with Crippen LogP contribution < -0.4 is 0 Å². The molecule has 0 aromatic rings. The largest absolute Gasteiger partial charge is 0.467 e. The van der Waals surface area contributed by atoms with E-state index >= 15 is 0 Å². The van der Waals surface area contributed by atoms with Crippen LogP contribution in [-0.4, -0.2) is 49.1 Å². The molecule has 0 saturated carbocycles. The minimum atomic E-state index is -0.602. The molecule has 0 rings (SSSR count). The quantitative estimate of drug-likeness (QED) is 0.480. The Labute approximate surface area is 88.8 Å². The van der Waals surface area contributed by atoms with Gasteiger partial charge in [0.1, 0.15) is 13.2 Å². The van der Waals surface area contributed by atoms with Gasteiger partial charge < -0.3 is 19.7 Å². The molecule has 0 saturated heterocycles. The maximum Gasteiger partial charge on any atom is 0.331 e. The molecule has 0 spiro atoms. The molecule has 0 unspecified atom stereocenters. The van der Waals surface area contributed by atoms with Gasteiger partial charge in [0.25, 0.3) is 0 Å². The van der Waals surface area contributed by atoms with Crippen LogP contribution in [0.5, 0.6) is 0 Å². The van der Waals surface area contributed by atoms with Crippen molar-refractivity contribution in [2.45, 2.75) is 19.8 Å². The Hall–Kier alpha value is -1.14. The van der Waals surface area contributed by atoms with E-state index in [1.54, 1.807) is 0 Å². The third-order valence-corrected chi connectivity index (χ3v) is 1.25. The van der Waals surface area contributed by atoms with E-state index in [0.29, 0.717) is 6.61 Å². The van der Waals surface area contributed by atoms with Crippen molar-refractivity contribution in [2.24, 2.45) is 0 Å². The molecule has 0 aliphatic heterocycles. The fourth-order valence-electron chi connectivity index (χ4n) is 0.441. The number of aliphatic hydroxyl groups excluding tert-OH is 2. The third kappa shape index (κ3) is 15.6. The monoisotopic (exact) mass is 222 g/mol. The first-order chi connectivity index (χ1) is 7.12. The Morgan fingerprint density at radius 3 is 1.93 bits per heavy atom. The standard InChI is InChI=1S/C6H12O3.C3H6O3/c1-2-3-4-9-6(8)5-7;1-6-3(5)2-4/h7H,2-5H2,1H3;4H,2H2,1H3. The second-order valence-corrected chi connectivity index (χ2v) is 2.47. The van der Waals surface area contributed by atoms with Crippen molar-refractivity contribution in [1.82, 2.24) is 0 Å². The van der Waals surface area contributed by atoms with E-state index in [1.165, 1.54) is 7.11 Å². The second kappa shape index (κ2) is 12.9. The fraction of sp³-hybridized carbons (Fsp3) is 0.778. The van der Waals surface area contributed by atoms with Gasteiger partial charge >= 0.3 is 11.9 Å². The summed E-state index contributed by atoms with van der Waals surface area (Å²) < 4.78 is 8.55. The lowest BCUT2D eigenvalue weighted by Crippen LogP contribution is -2.09. The number of esters is 2. The predicted molar refractivity (Wildman–Crippen MR) is 52.1 cm³/mol. The molecule has 0 heterocycles. The van der Waals surface area contributed by atoms with E-state index in [1.807, 2.05) is 6.92 Å². The molecule has 0 aromatic heterocycles. The zero-order valence-electron chi connectivity index (χ0n) is 9.06. The van der Waals surface area contributed by atoms with Gasteiger partial charge in [-0.1, -0.05) is 13.3 Å². The average molecular weight is 222 g/mol. The first-order valence-corrected chi connectivity index (χ1v) is 4.56. The summed E-state index contributed by atoms with van der Waals surface area (Å²) >= 11 is 0. The van der Waals surface area contributed by atoms with Crippen LogP contribution in [0.3, 0.4) is 0 Å². The predicted octanol–water partition coefficient (Wildman–Crippen LogP) is -0.526. The van der Waals surface area contributed by atoms with E-state index in [9.17, 15) is 9.59 Å². The summed E-state index contributed by atoms with van der Waals surface area (Å²) in [5.41, 5.74) is 0. The molecule has 0 bridgehead atoms. The highest BCUT2D eigenvalue weighted by Gasteiger charge is 1.95. The molecule has 0 aliphatic carbocycles. The molecule has 15 heavy (non-hydrogen) atoms. The van der Waals surface area contributed by atoms with Gasteiger partial charge in [0.15, 0.2) is 0 Å². The lowest BCUT2D eigenvalue weighted by Gasteiger charge is -1.98. The van der Waals surface area contributed by atoms with E-state index in [2.05, 4.69) is 9.47 Å². The molecular formula is C9H18O6. The van der Waals surface area contributed by atoms with Gasteiger partial charge in [-0.15, -0.1) is 0 Å². The van der Waals surface area contributed by atoms with E-state index in [-0.39, 0.29) is 0 Å². The first-order valence-electron chi connectivity index (χ1n) is 4.56. The highest BCUT2D eigenvalue weighted by Crippen LogP contribution is 1.87. The molecule has 6 nitrogen and oxygen atoms in total. The van der Waals surface area contributed by atoms with Gasteiger partial charge in [-0.2, -0.15) is 0 Å². The van der Waals surface area contributed by atoms with Gasteiger partial charge in [0.05, 0.1) is 13.7 Å². The maximum absolute atomic E-state index is 10.2. The molecule has 0 atom stereocenters. The third-order valence-electron chi connectivity index (χ3n) is 1.25. The van der Waals surface area contributed by atoms with Crippen molar-refractivity contribution in [2.75, 3.05) is 26.9 Å². The smallest absolute Gasteiger partial charge is 0.331 e. The minimum absolute atomic E-state index is 0.426. The Kier molecular flexibility index (Phi) is 14.0. The van der Waals surface area contributed by atoms with E-state index in [4.69, 9.17) is 10.2 Å². The Morgan fingerprint density at radius 2 is 1.67 bits per heavy atom. The van der Waals surface area contributed by atoms with Crippen molar-refractivity contribution in [1.29, 1.82) is 0 Å². The second-order valence-electron chi connectivity index (χ2n) is 2.47.